The van der Waals surface area contributed by atoms with Gasteiger partial charge in [-0.25, -0.2) is 4.79 Å². The van der Waals surface area contributed by atoms with Gasteiger partial charge >= 0.3 is 6.09 Å². The van der Waals surface area contributed by atoms with Crippen LogP contribution in [0.15, 0.2) is 30.3 Å². The van der Waals surface area contributed by atoms with E-state index in [9.17, 15) is 4.79 Å². The van der Waals surface area contributed by atoms with Gasteiger partial charge in [-0.15, -0.1) is 0 Å². The second-order valence-corrected chi connectivity index (χ2v) is 5.80. The molecule has 25 heavy (non-hydrogen) atoms. The summed E-state index contributed by atoms with van der Waals surface area (Å²) in [6, 6.07) is 9.58. The van der Waals surface area contributed by atoms with Gasteiger partial charge in [0.1, 0.15) is 6.61 Å². The minimum Gasteiger partial charge on any atom is -0.445 e. The molecule has 7 heteroatoms. The summed E-state index contributed by atoms with van der Waals surface area (Å²) in [5, 5.41) is 5.99. The number of hydrogen-bond acceptors (Lipinski definition) is 6. The number of rotatable bonds is 11. The standard InChI is InChI=1S/C18H29N3O4/c22-18(25-16-17-4-2-1-3-5-17)20-8-12-23-14-15-24-13-11-21-9-6-19-7-10-21/h1-5,19H,6-16H2,(H,20,22). The molecule has 1 aromatic rings. The normalized spacial score (nSPS) is 15.0. The lowest BCUT2D eigenvalue weighted by molar-refractivity contribution is 0.0379. The topological polar surface area (TPSA) is 72.1 Å². The Morgan fingerprint density at radius 3 is 2.52 bits per heavy atom. The number of nitrogens with one attached hydrogen (secondary N) is 2. The first kappa shape index (κ1) is 19.7. The monoisotopic (exact) mass is 351 g/mol. The molecule has 2 rings (SSSR count). The predicted octanol–water partition coefficient (Wildman–Crippen LogP) is 0.851. The van der Waals surface area contributed by atoms with E-state index in [1.165, 1.54) is 0 Å². The van der Waals surface area contributed by atoms with Crippen molar-refractivity contribution in [1.29, 1.82) is 0 Å². The van der Waals surface area contributed by atoms with Gasteiger partial charge in [-0.1, -0.05) is 30.3 Å². The maximum Gasteiger partial charge on any atom is 0.407 e. The van der Waals surface area contributed by atoms with Gasteiger partial charge in [0.25, 0.3) is 0 Å². The van der Waals surface area contributed by atoms with Gasteiger partial charge in [0.2, 0.25) is 0 Å². The quantitative estimate of drug-likeness (QED) is 0.576. The Labute approximate surface area is 149 Å². The summed E-state index contributed by atoms with van der Waals surface area (Å²) < 4.78 is 16.1. The van der Waals surface area contributed by atoms with Gasteiger partial charge in [0.05, 0.1) is 26.4 Å². The summed E-state index contributed by atoms with van der Waals surface area (Å²) in [6.07, 6.45) is -0.431. The summed E-state index contributed by atoms with van der Waals surface area (Å²) in [6.45, 7) is 8.24. The smallest absolute Gasteiger partial charge is 0.407 e. The van der Waals surface area contributed by atoms with E-state index < -0.39 is 6.09 Å². The third kappa shape index (κ3) is 9.40. The molecule has 140 valence electrons. The molecule has 1 saturated heterocycles. The van der Waals surface area contributed by atoms with E-state index in [1.807, 2.05) is 30.3 Å². The molecule has 1 aliphatic heterocycles. The van der Waals surface area contributed by atoms with Gasteiger partial charge in [0, 0.05) is 39.3 Å². The molecule has 0 saturated carbocycles. The largest absolute Gasteiger partial charge is 0.445 e. The SMILES string of the molecule is O=C(NCCOCCOCCN1CCNCC1)OCc1ccccc1. The van der Waals surface area contributed by atoms with Gasteiger partial charge in [-0.3, -0.25) is 4.90 Å². The Kier molecular flexibility index (Phi) is 9.95. The lowest BCUT2D eigenvalue weighted by Crippen LogP contribution is -2.44. The van der Waals surface area contributed by atoms with Crippen LogP contribution >= 0.6 is 0 Å². The van der Waals surface area contributed by atoms with Crippen molar-refractivity contribution < 1.29 is 19.0 Å². The van der Waals surface area contributed by atoms with Gasteiger partial charge in [-0.2, -0.15) is 0 Å². The van der Waals surface area contributed by atoms with Crippen molar-refractivity contribution in [1.82, 2.24) is 15.5 Å². The summed E-state index contributed by atoms with van der Waals surface area (Å²) in [4.78, 5) is 13.9. The highest BCUT2D eigenvalue weighted by atomic mass is 16.5. The average molecular weight is 351 g/mol. The lowest BCUT2D eigenvalue weighted by Gasteiger charge is -2.26. The summed E-state index contributed by atoms with van der Waals surface area (Å²) in [5.74, 6) is 0. The van der Waals surface area contributed by atoms with E-state index in [0.29, 0.717) is 26.4 Å². The molecule has 1 aliphatic rings. The second-order valence-electron chi connectivity index (χ2n) is 5.80. The first-order chi connectivity index (χ1) is 12.3. The first-order valence-electron chi connectivity index (χ1n) is 8.88. The number of carbonyl (C=O) groups is 1. The van der Waals surface area contributed by atoms with E-state index in [2.05, 4.69) is 15.5 Å². The highest BCUT2D eigenvalue weighted by Gasteiger charge is 2.08. The fraction of sp³-hybridized carbons (Fsp3) is 0.611. The molecule has 1 fully saturated rings. The van der Waals surface area contributed by atoms with Crippen LogP contribution in [0.25, 0.3) is 0 Å². The zero-order valence-corrected chi connectivity index (χ0v) is 14.7. The number of hydrogen-bond donors (Lipinski definition) is 2. The number of ether oxygens (including phenoxy) is 3. The third-order valence-corrected chi connectivity index (χ3v) is 3.86. The second kappa shape index (κ2) is 12.7. The minimum atomic E-state index is -0.431. The van der Waals surface area contributed by atoms with E-state index in [1.54, 1.807) is 0 Å². The molecule has 0 aliphatic carbocycles. The third-order valence-electron chi connectivity index (χ3n) is 3.86. The average Bonchev–Trinajstić information content (AvgIpc) is 2.66. The molecule has 1 heterocycles. The zero-order chi connectivity index (χ0) is 17.6. The Hall–Kier alpha value is -1.67. The van der Waals surface area contributed by atoms with Crippen molar-refractivity contribution in [3.05, 3.63) is 35.9 Å². The van der Waals surface area contributed by atoms with Crippen LogP contribution in [0, 0.1) is 0 Å². The first-order valence-corrected chi connectivity index (χ1v) is 8.88. The van der Waals surface area contributed by atoms with Crippen molar-refractivity contribution >= 4 is 6.09 Å². The Bertz CT molecular complexity index is 467. The van der Waals surface area contributed by atoms with Crippen LogP contribution in [0.1, 0.15) is 5.56 Å². The Morgan fingerprint density at radius 2 is 1.76 bits per heavy atom. The number of piperazine rings is 1. The fourth-order valence-corrected chi connectivity index (χ4v) is 2.45. The van der Waals surface area contributed by atoms with Crippen LogP contribution in [0.5, 0.6) is 0 Å². The molecule has 0 aromatic heterocycles. The number of amides is 1. The van der Waals surface area contributed by atoms with Crippen LogP contribution in [0.4, 0.5) is 4.79 Å². The van der Waals surface area contributed by atoms with E-state index in [-0.39, 0.29) is 6.61 Å². The predicted molar refractivity (Wildman–Crippen MR) is 95.6 cm³/mol. The van der Waals surface area contributed by atoms with Crippen molar-refractivity contribution in [2.75, 3.05) is 65.7 Å². The maximum atomic E-state index is 11.5. The van der Waals surface area contributed by atoms with E-state index >= 15 is 0 Å². The lowest BCUT2D eigenvalue weighted by atomic mass is 10.2. The van der Waals surface area contributed by atoms with E-state index in [0.717, 1.165) is 44.9 Å². The summed E-state index contributed by atoms with van der Waals surface area (Å²) in [7, 11) is 0. The van der Waals surface area contributed by atoms with Gasteiger partial charge < -0.3 is 24.8 Å². The Morgan fingerprint density at radius 1 is 1.04 bits per heavy atom. The van der Waals surface area contributed by atoms with Crippen LogP contribution in [-0.4, -0.2) is 76.7 Å². The molecule has 0 spiro atoms. The molecule has 7 nitrogen and oxygen atoms in total. The highest BCUT2D eigenvalue weighted by Crippen LogP contribution is 2.00. The van der Waals surface area contributed by atoms with E-state index in [4.69, 9.17) is 14.2 Å². The molecule has 0 atom stereocenters. The Balaban J connectivity index is 1.35. The number of benzene rings is 1. The molecular formula is C18H29N3O4. The molecule has 0 bridgehead atoms. The molecule has 1 amide bonds. The van der Waals surface area contributed by atoms with Crippen LogP contribution in [-0.2, 0) is 20.8 Å². The van der Waals surface area contributed by atoms with Crippen molar-refractivity contribution in [2.45, 2.75) is 6.61 Å². The van der Waals surface area contributed by atoms with Gasteiger partial charge in [0.15, 0.2) is 0 Å². The summed E-state index contributed by atoms with van der Waals surface area (Å²) >= 11 is 0. The van der Waals surface area contributed by atoms with Gasteiger partial charge in [-0.05, 0) is 5.56 Å². The van der Waals surface area contributed by atoms with Crippen LogP contribution in [0.3, 0.4) is 0 Å². The molecule has 2 N–H and O–H groups in total. The van der Waals surface area contributed by atoms with Crippen molar-refractivity contribution in [3.63, 3.8) is 0 Å². The number of alkyl carbamates (subject to hydrolysis) is 1. The summed E-state index contributed by atoms with van der Waals surface area (Å²) in [5.41, 5.74) is 0.965. The van der Waals surface area contributed by atoms with Crippen LogP contribution < -0.4 is 10.6 Å². The van der Waals surface area contributed by atoms with Crippen LogP contribution in [0.2, 0.25) is 0 Å². The van der Waals surface area contributed by atoms with Crippen molar-refractivity contribution in [3.8, 4) is 0 Å². The highest BCUT2D eigenvalue weighted by molar-refractivity contribution is 5.67. The number of carbonyl (C=O) groups excluding carboxylic acids is 1. The fourth-order valence-electron chi connectivity index (χ4n) is 2.45. The maximum absolute atomic E-state index is 11.5. The zero-order valence-electron chi connectivity index (χ0n) is 14.7. The van der Waals surface area contributed by atoms with Crippen molar-refractivity contribution in [2.24, 2.45) is 0 Å². The molecule has 0 radical (unpaired) electrons. The molecule has 1 aromatic carbocycles. The number of nitrogens with zero attached hydrogens (tertiary/aromatic N) is 1. The molecule has 0 unspecified atom stereocenters. The molecular weight excluding hydrogens is 322 g/mol. The minimum absolute atomic E-state index is 0.272.